The summed E-state index contributed by atoms with van der Waals surface area (Å²) in [6.07, 6.45) is 8.28. The van der Waals surface area contributed by atoms with Gasteiger partial charge in [-0.25, -0.2) is 4.79 Å². The number of urea groups is 1. The molecule has 0 unspecified atom stereocenters. The molecule has 1 aromatic carbocycles. The Labute approximate surface area is 412 Å². The molecule has 0 radical (unpaired) electrons. The number of piperazine rings is 1. The van der Waals surface area contributed by atoms with E-state index in [4.69, 9.17) is 4.74 Å². The number of nitrogens with one attached hydrogen (secondary N) is 1. The van der Waals surface area contributed by atoms with Crippen LogP contribution in [0.1, 0.15) is 163 Å². The summed E-state index contributed by atoms with van der Waals surface area (Å²) in [7, 11) is 0. The van der Waals surface area contributed by atoms with Crippen LogP contribution < -0.4 is 5.32 Å². The summed E-state index contributed by atoms with van der Waals surface area (Å²) in [4.78, 5) is 60.8. The molecule has 10 atom stereocenters. The number of amides is 2. The molecule has 2 aromatic rings. The number of fused-ring (bicyclic) bond motifs is 7. The highest BCUT2D eigenvalue weighted by atomic mass is 16.5. The van der Waals surface area contributed by atoms with Crippen LogP contribution in [0.25, 0.3) is 0 Å². The molecule has 6 fully saturated rings. The number of carboxylic acid groups (broad SMARTS) is 1. The van der Waals surface area contributed by atoms with Gasteiger partial charge in [0.05, 0.1) is 16.9 Å². The molecule has 0 bridgehead atoms. The largest absolute Gasteiger partial charge is 0.481 e. The summed E-state index contributed by atoms with van der Waals surface area (Å²) >= 11 is 0. The molecule has 7 aliphatic rings. The second-order valence-electron chi connectivity index (χ2n) is 25.7. The van der Waals surface area contributed by atoms with Gasteiger partial charge in [0.15, 0.2) is 5.78 Å². The first-order valence-corrected chi connectivity index (χ1v) is 26.8. The Morgan fingerprint density at radius 1 is 0.797 bits per heavy atom. The number of esters is 1. The number of aryl methyl sites for hydroxylation is 1. The Bertz CT molecular complexity index is 2380. The Balaban J connectivity index is 0.916. The molecule has 2 heterocycles. The van der Waals surface area contributed by atoms with Gasteiger partial charge in [0.2, 0.25) is 0 Å². The van der Waals surface area contributed by atoms with Crippen LogP contribution in [-0.2, 0) is 32.3 Å². The fourth-order valence-corrected chi connectivity index (χ4v) is 17.8. The fraction of sp³-hybridized carbons (Fsp3) is 0.754. The molecule has 9 rings (SSSR count). The van der Waals surface area contributed by atoms with Crippen LogP contribution in [0.4, 0.5) is 4.79 Å². The zero-order chi connectivity index (χ0) is 49.9. The molecule has 2 N–H and O–H groups in total. The maximum atomic E-state index is 14.5. The average molecular weight is 949 g/mol. The Hall–Kier alpha value is -4.06. The second-order valence-corrected chi connectivity index (χ2v) is 25.7. The maximum absolute atomic E-state index is 14.5. The zero-order valence-electron chi connectivity index (χ0n) is 44.2. The fourth-order valence-electron chi connectivity index (χ4n) is 17.8. The van der Waals surface area contributed by atoms with Gasteiger partial charge in [-0.1, -0.05) is 106 Å². The third-order valence-corrected chi connectivity index (χ3v) is 21.6. The lowest BCUT2D eigenvalue weighted by atomic mass is 9.30. The monoisotopic (exact) mass is 949 g/mol. The van der Waals surface area contributed by atoms with E-state index < -0.39 is 28.3 Å². The van der Waals surface area contributed by atoms with Crippen molar-refractivity contribution in [3.63, 3.8) is 0 Å². The highest BCUT2D eigenvalue weighted by molar-refractivity contribution is 6.02. The Morgan fingerprint density at radius 3 is 2.12 bits per heavy atom. The summed E-state index contributed by atoms with van der Waals surface area (Å²) in [5.41, 5.74) is 0.308. The van der Waals surface area contributed by atoms with E-state index in [2.05, 4.69) is 87.3 Å². The van der Waals surface area contributed by atoms with Gasteiger partial charge in [-0.3, -0.25) is 19.3 Å². The van der Waals surface area contributed by atoms with E-state index in [9.17, 15) is 24.3 Å². The van der Waals surface area contributed by atoms with Crippen LogP contribution in [0.5, 0.6) is 0 Å². The maximum Gasteiger partial charge on any atom is 0.318 e. The number of hydrogen-bond donors (Lipinski definition) is 2. The third-order valence-electron chi connectivity index (χ3n) is 21.6. The van der Waals surface area contributed by atoms with Crippen LogP contribution in [-0.4, -0.2) is 91.7 Å². The Kier molecular flexibility index (Phi) is 12.5. The molecular formula is C57H84N6O6. The number of ether oxygens (including phenoxy) is 1. The number of allylic oxidation sites excluding steroid dienone is 1. The summed E-state index contributed by atoms with van der Waals surface area (Å²) in [6.45, 7) is 31.8. The van der Waals surface area contributed by atoms with Crippen molar-refractivity contribution in [1.82, 2.24) is 29.9 Å². The minimum Gasteiger partial charge on any atom is -0.481 e. The molecule has 6 aliphatic carbocycles. The van der Waals surface area contributed by atoms with Crippen molar-refractivity contribution in [2.45, 2.75) is 172 Å². The third kappa shape index (κ3) is 7.41. The van der Waals surface area contributed by atoms with Crippen LogP contribution in [0, 0.1) is 74.9 Å². The van der Waals surface area contributed by atoms with Gasteiger partial charge in [-0.05, 0) is 138 Å². The van der Waals surface area contributed by atoms with E-state index in [-0.39, 0.29) is 63.8 Å². The standard InChI is InChI=1S/C57H84N6O6/c1-35(2)45-41(64)33-56(58-50(68)62-29-26-61(27-30-62)28-31-63-37(5)59-60-47(63)36(3)4)25-24-54(11)39(46(45)56)18-19-44-53(10)22-20-43(51(6,7)42(53)21-23-55(44,54)12)57(49(66)67)32-40(52(57,8)9)48(65)69-34-38-16-14-13-15-17-38/h13-17,35-36,39-40,42-44H,18-34H2,1-12H3,(H,58,68)(H,66,67)/t39-,40+,42-,43+,44-,53-,54-,55-,56-,57-/m1/s1. The van der Waals surface area contributed by atoms with E-state index in [1.165, 1.54) is 5.57 Å². The smallest absolute Gasteiger partial charge is 0.318 e. The highest BCUT2D eigenvalue weighted by Crippen LogP contribution is 2.79. The number of carbonyl (C=O) groups excluding carboxylic acids is 3. The van der Waals surface area contributed by atoms with Crippen LogP contribution in [0.15, 0.2) is 41.5 Å². The number of carboxylic acids is 1. The summed E-state index contributed by atoms with van der Waals surface area (Å²) < 4.78 is 8.08. The number of aliphatic carboxylic acids is 1. The summed E-state index contributed by atoms with van der Waals surface area (Å²) in [6, 6.07) is 9.65. The first-order valence-electron chi connectivity index (χ1n) is 26.8. The number of hydrogen-bond acceptors (Lipinski definition) is 8. The average Bonchev–Trinajstić information content (AvgIpc) is 3.81. The predicted octanol–water partition coefficient (Wildman–Crippen LogP) is 10.2. The van der Waals surface area contributed by atoms with E-state index in [0.29, 0.717) is 43.7 Å². The summed E-state index contributed by atoms with van der Waals surface area (Å²) in [5.74, 6) is 1.86. The van der Waals surface area contributed by atoms with Crippen LogP contribution in [0.2, 0.25) is 0 Å². The van der Waals surface area contributed by atoms with Crippen LogP contribution in [0.3, 0.4) is 0 Å². The molecule has 2 amide bonds. The van der Waals surface area contributed by atoms with Crippen molar-refractivity contribution in [3.05, 3.63) is 58.7 Å². The first-order chi connectivity index (χ1) is 32.4. The molecule has 1 aromatic heterocycles. The van der Waals surface area contributed by atoms with Crippen molar-refractivity contribution >= 4 is 23.8 Å². The molecule has 69 heavy (non-hydrogen) atoms. The van der Waals surface area contributed by atoms with Gasteiger partial charge < -0.3 is 24.6 Å². The molecule has 12 heteroatoms. The topological polar surface area (TPSA) is 147 Å². The van der Waals surface area contributed by atoms with Crippen molar-refractivity contribution in [2.75, 3.05) is 32.7 Å². The number of Topliss-reactive ketones (excluding diaryl/α,β-unsaturated/α-hetero) is 1. The molecule has 12 nitrogen and oxygen atoms in total. The minimum absolute atomic E-state index is 0.000566. The van der Waals surface area contributed by atoms with Gasteiger partial charge >= 0.3 is 18.0 Å². The van der Waals surface area contributed by atoms with E-state index in [0.717, 1.165) is 100 Å². The second kappa shape index (κ2) is 17.3. The van der Waals surface area contributed by atoms with Crippen LogP contribution >= 0.6 is 0 Å². The van der Waals surface area contributed by atoms with Gasteiger partial charge in [-0.15, -0.1) is 10.2 Å². The Morgan fingerprint density at radius 2 is 1.48 bits per heavy atom. The SMILES string of the molecule is Cc1nnc(C(C)C)n1CCN1CCN(C(=O)N[C@@]23CC[C@]4(C)[C@H](CC[C@@H]5[C@]6(C)CC[C@H]([C@@]7(C(=O)O)C[C@@H](C(=O)OCc8ccccc8)C7(C)C)C(C)(C)[C@H]6CC[C@]54C)C2=C(C(C)C)C(=O)C3)CC1. The van der Waals surface area contributed by atoms with Crippen molar-refractivity contribution in [1.29, 1.82) is 0 Å². The van der Waals surface area contributed by atoms with E-state index >= 15 is 0 Å². The normalized spacial score (nSPS) is 37.1. The molecule has 0 spiro atoms. The predicted molar refractivity (Wildman–Crippen MR) is 267 cm³/mol. The molecule has 378 valence electrons. The lowest BCUT2D eigenvalue weighted by molar-refractivity contribution is -0.261. The molecule has 1 aliphatic heterocycles. The minimum atomic E-state index is -1.03. The first kappa shape index (κ1) is 49.9. The lowest BCUT2D eigenvalue weighted by Crippen LogP contribution is -2.71. The number of benzene rings is 1. The van der Waals surface area contributed by atoms with E-state index in [1.807, 2.05) is 56.0 Å². The van der Waals surface area contributed by atoms with Crippen molar-refractivity contribution in [2.24, 2.45) is 68.0 Å². The van der Waals surface area contributed by atoms with Gasteiger partial charge in [0.1, 0.15) is 18.3 Å². The van der Waals surface area contributed by atoms with E-state index in [1.54, 1.807) is 0 Å². The highest BCUT2D eigenvalue weighted by Gasteiger charge is 2.76. The number of aromatic nitrogens is 3. The number of nitrogens with zero attached hydrogens (tertiary/aromatic N) is 5. The number of carbonyl (C=O) groups is 4. The summed E-state index contributed by atoms with van der Waals surface area (Å²) in [5, 5.41) is 23.7. The number of rotatable bonds is 11. The lowest BCUT2D eigenvalue weighted by Gasteiger charge is -2.74. The van der Waals surface area contributed by atoms with Gasteiger partial charge in [-0.2, -0.15) is 0 Å². The van der Waals surface area contributed by atoms with Crippen molar-refractivity contribution in [3.8, 4) is 0 Å². The molecule has 5 saturated carbocycles. The van der Waals surface area contributed by atoms with Gasteiger partial charge in [0, 0.05) is 51.6 Å². The zero-order valence-corrected chi connectivity index (χ0v) is 44.2. The molecule has 1 saturated heterocycles. The number of ketones is 1. The molecular weight excluding hydrogens is 865 g/mol. The van der Waals surface area contributed by atoms with Gasteiger partial charge in [0.25, 0.3) is 0 Å². The quantitative estimate of drug-likeness (QED) is 0.210. The van der Waals surface area contributed by atoms with Crippen molar-refractivity contribution < 1.29 is 29.0 Å².